The highest BCUT2D eigenvalue weighted by molar-refractivity contribution is 7.89. The number of nitrogens with one attached hydrogen (secondary N) is 3. The number of hydrogen-bond donors (Lipinski definition) is 5. The fourth-order valence-electron chi connectivity index (χ4n) is 3.03. The minimum absolute atomic E-state index is 0.0922. The van der Waals surface area contributed by atoms with Crippen LogP contribution < -0.4 is 20.7 Å². The SMILES string of the molecule is N=C(N)c1cccc(C[C@@H](NS(=O)(=O)c2cc(F)c(Oc3ccc(F)cc3)c(F)c2)C(=O)NO)c1. The molecular formula is C22H19F3N4O5S. The van der Waals surface area contributed by atoms with Gasteiger partial charge in [0.25, 0.3) is 5.91 Å². The minimum Gasteiger partial charge on any atom is -0.451 e. The minimum atomic E-state index is -4.68. The summed E-state index contributed by atoms with van der Waals surface area (Å²) in [6.45, 7) is 0. The van der Waals surface area contributed by atoms with E-state index in [1.54, 1.807) is 0 Å². The number of nitrogen functional groups attached to an aromatic ring is 1. The Morgan fingerprint density at radius 1 is 1.06 bits per heavy atom. The summed E-state index contributed by atoms with van der Waals surface area (Å²) in [5.74, 6) is -5.74. The molecule has 3 aromatic carbocycles. The number of benzene rings is 3. The molecule has 0 unspecified atom stereocenters. The van der Waals surface area contributed by atoms with E-state index in [4.69, 9.17) is 21.1 Å². The van der Waals surface area contributed by atoms with E-state index < -0.39 is 50.1 Å². The third-order valence-corrected chi connectivity index (χ3v) is 6.17. The van der Waals surface area contributed by atoms with Crippen LogP contribution in [0, 0.1) is 22.9 Å². The molecule has 184 valence electrons. The van der Waals surface area contributed by atoms with Crippen molar-refractivity contribution in [1.29, 1.82) is 5.41 Å². The Labute approximate surface area is 197 Å². The van der Waals surface area contributed by atoms with E-state index in [0.717, 1.165) is 24.3 Å². The quantitative estimate of drug-likeness (QED) is 0.130. The van der Waals surface area contributed by atoms with E-state index in [-0.39, 0.29) is 18.0 Å². The first-order chi connectivity index (χ1) is 16.5. The molecule has 35 heavy (non-hydrogen) atoms. The number of amides is 1. The van der Waals surface area contributed by atoms with E-state index in [0.29, 0.717) is 23.3 Å². The van der Waals surface area contributed by atoms with Crippen LogP contribution in [0.1, 0.15) is 11.1 Å². The Bertz CT molecular complexity index is 1340. The molecule has 9 nitrogen and oxygen atoms in total. The molecule has 1 amide bonds. The van der Waals surface area contributed by atoms with Gasteiger partial charge in [-0.1, -0.05) is 18.2 Å². The second kappa shape index (κ2) is 10.5. The molecule has 0 saturated heterocycles. The Morgan fingerprint density at radius 3 is 2.26 bits per heavy atom. The highest BCUT2D eigenvalue weighted by atomic mass is 32.2. The molecule has 3 aromatic rings. The topological polar surface area (TPSA) is 155 Å². The first kappa shape index (κ1) is 25.7. The number of nitrogens with two attached hydrogens (primary N) is 1. The standard InChI is InChI=1S/C22H19F3N4O5S/c23-14-4-6-15(7-5-14)34-20-17(24)10-16(11-18(20)25)35(32,33)29-19(22(30)28-31)9-12-2-1-3-13(8-12)21(26)27/h1-8,10-11,19,29,31H,9H2,(H3,26,27)(H,28,30)/t19-/m1/s1. The fraction of sp³-hybridized carbons (Fsp3) is 0.0909. The van der Waals surface area contributed by atoms with Crippen LogP contribution in [-0.2, 0) is 21.2 Å². The molecule has 1 atom stereocenters. The first-order valence-corrected chi connectivity index (χ1v) is 11.3. The van der Waals surface area contributed by atoms with Crippen LogP contribution in [0.4, 0.5) is 13.2 Å². The predicted octanol–water partition coefficient (Wildman–Crippen LogP) is 2.58. The van der Waals surface area contributed by atoms with Gasteiger partial charge in [-0.25, -0.2) is 27.1 Å². The summed E-state index contributed by atoms with van der Waals surface area (Å²) in [4.78, 5) is 11.3. The van der Waals surface area contributed by atoms with Gasteiger partial charge in [-0.2, -0.15) is 4.72 Å². The zero-order chi connectivity index (χ0) is 25.8. The van der Waals surface area contributed by atoms with Crippen molar-refractivity contribution in [2.24, 2.45) is 5.73 Å². The summed E-state index contributed by atoms with van der Waals surface area (Å²) in [7, 11) is -4.68. The van der Waals surface area contributed by atoms with E-state index >= 15 is 0 Å². The maximum absolute atomic E-state index is 14.6. The van der Waals surface area contributed by atoms with Gasteiger partial charge in [0.15, 0.2) is 17.4 Å². The lowest BCUT2D eigenvalue weighted by Crippen LogP contribution is -2.47. The monoisotopic (exact) mass is 508 g/mol. The molecule has 0 aliphatic rings. The number of hydroxylamine groups is 1. The average Bonchev–Trinajstić information content (AvgIpc) is 2.81. The third-order valence-electron chi connectivity index (χ3n) is 4.72. The number of amidine groups is 1. The van der Waals surface area contributed by atoms with Crippen LogP contribution in [0.5, 0.6) is 11.5 Å². The number of carbonyl (C=O) groups excluding carboxylic acids is 1. The lowest BCUT2D eigenvalue weighted by atomic mass is 10.0. The van der Waals surface area contributed by atoms with E-state index in [1.807, 2.05) is 4.72 Å². The van der Waals surface area contributed by atoms with Crippen LogP contribution in [0.2, 0.25) is 0 Å². The molecule has 0 aliphatic carbocycles. The highest BCUT2D eigenvalue weighted by Gasteiger charge is 2.28. The lowest BCUT2D eigenvalue weighted by Gasteiger charge is -2.18. The highest BCUT2D eigenvalue weighted by Crippen LogP contribution is 2.30. The van der Waals surface area contributed by atoms with Gasteiger partial charge in [0.05, 0.1) is 4.90 Å². The van der Waals surface area contributed by atoms with Gasteiger partial charge in [-0.15, -0.1) is 0 Å². The summed E-state index contributed by atoms with van der Waals surface area (Å²) in [5, 5.41) is 16.5. The van der Waals surface area contributed by atoms with Gasteiger partial charge in [0.2, 0.25) is 10.0 Å². The number of hydrogen-bond acceptors (Lipinski definition) is 6. The van der Waals surface area contributed by atoms with Gasteiger partial charge < -0.3 is 10.5 Å². The molecule has 0 aromatic heterocycles. The van der Waals surface area contributed by atoms with Gasteiger partial charge in [-0.05, 0) is 54.4 Å². The number of halogens is 3. The maximum Gasteiger partial charge on any atom is 0.261 e. The number of sulfonamides is 1. The van der Waals surface area contributed by atoms with Crippen LogP contribution in [0.15, 0.2) is 65.6 Å². The Morgan fingerprint density at radius 2 is 1.69 bits per heavy atom. The van der Waals surface area contributed by atoms with E-state index in [1.165, 1.54) is 29.7 Å². The second-order valence-electron chi connectivity index (χ2n) is 7.24. The van der Waals surface area contributed by atoms with Crippen molar-refractivity contribution in [2.75, 3.05) is 0 Å². The van der Waals surface area contributed by atoms with Crippen molar-refractivity contribution < 1.29 is 36.3 Å². The maximum atomic E-state index is 14.6. The van der Waals surface area contributed by atoms with Gasteiger partial charge in [0.1, 0.15) is 23.4 Å². The van der Waals surface area contributed by atoms with E-state index in [2.05, 4.69) is 0 Å². The fourth-order valence-corrected chi connectivity index (χ4v) is 4.25. The van der Waals surface area contributed by atoms with Crippen molar-refractivity contribution in [1.82, 2.24) is 10.2 Å². The normalized spacial score (nSPS) is 12.1. The molecule has 0 heterocycles. The van der Waals surface area contributed by atoms with Crippen molar-refractivity contribution in [3.8, 4) is 11.5 Å². The summed E-state index contributed by atoms with van der Waals surface area (Å²) in [6, 6.07) is 9.65. The predicted molar refractivity (Wildman–Crippen MR) is 118 cm³/mol. The van der Waals surface area contributed by atoms with Gasteiger partial charge in [0, 0.05) is 5.56 Å². The molecule has 0 fully saturated rings. The Balaban J connectivity index is 1.87. The van der Waals surface area contributed by atoms with Crippen molar-refractivity contribution in [2.45, 2.75) is 17.4 Å². The van der Waals surface area contributed by atoms with E-state index in [9.17, 15) is 26.4 Å². The molecule has 3 rings (SSSR count). The molecule has 0 spiro atoms. The Kier molecular flexibility index (Phi) is 7.74. The molecule has 0 saturated carbocycles. The summed E-state index contributed by atoms with van der Waals surface area (Å²) < 4.78 is 74.8. The average molecular weight is 508 g/mol. The first-order valence-electron chi connectivity index (χ1n) is 9.82. The van der Waals surface area contributed by atoms with Gasteiger partial charge in [-0.3, -0.25) is 15.4 Å². The summed E-state index contributed by atoms with van der Waals surface area (Å²) in [5.41, 5.74) is 7.46. The summed E-state index contributed by atoms with van der Waals surface area (Å²) >= 11 is 0. The smallest absolute Gasteiger partial charge is 0.261 e. The zero-order valence-electron chi connectivity index (χ0n) is 17.8. The van der Waals surface area contributed by atoms with Crippen molar-refractivity contribution >= 4 is 21.8 Å². The molecule has 6 N–H and O–H groups in total. The molecule has 0 bridgehead atoms. The van der Waals surface area contributed by atoms with Crippen LogP contribution in [-0.4, -0.2) is 31.4 Å². The number of ether oxygens (including phenoxy) is 1. The molecule has 13 heteroatoms. The van der Waals surface area contributed by atoms with Gasteiger partial charge >= 0.3 is 0 Å². The molecule has 0 radical (unpaired) electrons. The number of rotatable bonds is 9. The van der Waals surface area contributed by atoms with Crippen LogP contribution in [0.25, 0.3) is 0 Å². The summed E-state index contributed by atoms with van der Waals surface area (Å²) in [6.07, 6.45) is -0.288. The van der Waals surface area contributed by atoms with Crippen LogP contribution >= 0.6 is 0 Å². The molecule has 0 aliphatic heterocycles. The van der Waals surface area contributed by atoms with Crippen molar-refractivity contribution in [3.05, 3.63) is 89.2 Å². The Hall–Kier alpha value is -3.94. The largest absolute Gasteiger partial charge is 0.451 e. The van der Waals surface area contributed by atoms with Crippen molar-refractivity contribution in [3.63, 3.8) is 0 Å². The zero-order valence-corrected chi connectivity index (χ0v) is 18.6. The lowest BCUT2D eigenvalue weighted by molar-refractivity contribution is -0.130. The van der Waals surface area contributed by atoms with Crippen LogP contribution in [0.3, 0.4) is 0 Å². The third kappa shape index (κ3) is 6.35. The second-order valence-corrected chi connectivity index (χ2v) is 8.95. The molecular weight excluding hydrogens is 489 g/mol. The number of carbonyl (C=O) groups is 1.